The van der Waals surface area contributed by atoms with Gasteiger partial charge in [0.15, 0.2) is 0 Å². The van der Waals surface area contributed by atoms with E-state index in [0.29, 0.717) is 12.1 Å². The SMILES string of the molecule is COC(=O)c1[nH]c2ccc(C)cc2c1NC(=O)CCN1CCCCC1. The lowest BCUT2D eigenvalue weighted by atomic mass is 10.1. The van der Waals surface area contributed by atoms with Crippen LogP contribution >= 0.6 is 0 Å². The molecule has 0 atom stereocenters. The Morgan fingerprint density at radius 2 is 2.00 bits per heavy atom. The number of hydrogen-bond acceptors (Lipinski definition) is 4. The summed E-state index contributed by atoms with van der Waals surface area (Å²) in [6, 6.07) is 5.82. The van der Waals surface area contributed by atoms with Crippen molar-refractivity contribution in [3.8, 4) is 0 Å². The summed E-state index contributed by atoms with van der Waals surface area (Å²) in [6.07, 6.45) is 4.10. The number of esters is 1. The molecule has 134 valence electrons. The molecule has 1 fully saturated rings. The van der Waals surface area contributed by atoms with Gasteiger partial charge in [-0.3, -0.25) is 4.79 Å². The number of ether oxygens (including phenoxy) is 1. The topological polar surface area (TPSA) is 74.4 Å². The Bertz CT molecular complexity index is 776. The zero-order valence-corrected chi connectivity index (χ0v) is 14.9. The Kier molecular flexibility index (Phi) is 5.38. The van der Waals surface area contributed by atoms with Crippen LogP contribution in [0.3, 0.4) is 0 Å². The molecule has 0 saturated carbocycles. The first kappa shape index (κ1) is 17.5. The van der Waals surface area contributed by atoms with E-state index < -0.39 is 5.97 Å². The monoisotopic (exact) mass is 343 g/mol. The van der Waals surface area contributed by atoms with Gasteiger partial charge in [0.1, 0.15) is 5.69 Å². The highest BCUT2D eigenvalue weighted by molar-refractivity contribution is 6.11. The van der Waals surface area contributed by atoms with Crippen molar-refractivity contribution < 1.29 is 14.3 Å². The number of carbonyl (C=O) groups excluding carboxylic acids is 2. The first-order valence-electron chi connectivity index (χ1n) is 8.81. The van der Waals surface area contributed by atoms with Gasteiger partial charge in [-0.25, -0.2) is 4.79 Å². The van der Waals surface area contributed by atoms with Crippen LogP contribution in [0, 0.1) is 6.92 Å². The first-order chi connectivity index (χ1) is 12.1. The van der Waals surface area contributed by atoms with Crippen LogP contribution in [-0.2, 0) is 9.53 Å². The number of methoxy groups -OCH3 is 1. The Morgan fingerprint density at radius 1 is 1.24 bits per heavy atom. The second-order valence-corrected chi connectivity index (χ2v) is 6.62. The van der Waals surface area contributed by atoms with Gasteiger partial charge in [-0.1, -0.05) is 18.1 Å². The highest BCUT2D eigenvalue weighted by Gasteiger charge is 2.20. The summed E-state index contributed by atoms with van der Waals surface area (Å²) in [5.41, 5.74) is 2.66. The molecule has 0 aliphatic carbocycles. The van der Waals surface area contributed by atoms with Gasteiger partial charge in [-0.15, -0.1) is 0 Å². The molecule has 6 nitrogen and oxygen atoms in total. The van der Waals surface area contributed by atoms with E-state index in [1.807, 2.05) is 25.1 Å². The summed E-state index contributed by atoms with van der Waals surface area (Å²) >= 11 is 0. The fourth-order valence-electron chi connectivity index (χ4n) is 3.34. The number of likely N-dealkylation sites (tertiary alicyclic amines) is 1. The molecule has 1 aliphatic rings. The van der Waals surface area contributed by atoms with E-state index in [9.17, 15) is 9.59 Å². The van der Waals surface area contributed by atoms with Crippen molar-refractivity contribution in [2.24, 2.45) is 0 Å². The largest absolute Gasteiger partial charge is 0.464 e. The lowest BCUT2D eigenvalue weighted by molar-refractivity contribution is -0.116. The Labute approximate surface area is 147 Å². The molecule has 0 radical (unpaired) electrons. The molecular weight excluding hydrogens is 318 g/mol. The van der Waals surface area contributed by atoms with Crippen molar-refractivity contribution in [3.05, 3.63) is 29.5 Å². The third kappa shape index (κ3) is 4.02. The van der Waals surface area contributed by atoms with Gasteiger partial charge in [0.25, 0.3) is 0 Å². The maximum absolute atomic E-state index is 12.4. The van der Waals surface area contributed by atoms with Crippen LogP contribution in [0.5, 0.6) is 0 Å². The molecule has 1 aliphatic heterocycles. The smallest absolute Gasteiger partial charge is 0.356 e. The molecule has 1 amide bonds. The Balaban J connectivity index is 1.77. The van der Waals surface area contributed by atoms with Crippen molar-refractivity contribution >= 4 is 28.5 Å². The number of carbonyl (C=O) groups is 2. The highest BCUT2D eigenvalue weighted by Crippen LogP contribution is 2.29. The van der Waals surface area contributed by atoms with Crippen molar-refractivity contribution in [1.29, 1.82) is 0 Å². The predicted molar refractivity (Wildman–Crippen MR) is 97.9 cm³/mol. The predicted octanol–water partition coefficient (Wildman–Crippen LogP) is 3.08. The quantitative estimate of drug-likeness (QED) is 0.818. The molecule has 0 unspecified atom stereocenters. The number of anilines is 1. The molecule has 1 saturated heterocycles. The summed E-state index contributed by atoms with van der Waals surface area (Å²) in [7, 11) is 1.33. The number of benzene rings is 1. The maximum Gasteiger partial charge on any atom is 0.356 e. The van der Waals surface area contributed by atoms with E-state index in [2.05, 4.69) is 15.2 Å². The minimum absolute atomic E-state index is 0.0851. The summed E-state index contributed by atoms with van der Waals surface area (Å²) in [5.74, 6) is -0.571. The number of aryl methyl sites for hydroxylation is 1. The number of nitrogens with one attached hydrogen (secondary N) is 2. The number of hydrogen-bond donors (Lipinski definition) is 2. The fourth-order valence-corrected chi connectivity index (χ4v) is 3.34. The van der Waals surface area contributed by atoms with Crippen LogP contribution in [0.25, 0.3) is 10.9 Å². The van der Waals surface area contributed by atoms with Crippen LogP contribution in [0.1, 0.15) is 41.7 Å². The number of fused-ring (bicyclic) bond motifs is 1. The average molecular weight is 343 g/mol. The lowest BCUT2D eigenvalue weighted by Crippen LogP contribution is -2.32. The minimum atomic E-state index is -0.486. The zero-order valence-electron chi connectivity index (χ0n) is 14.9. The normalized spacial score (nSPS) is 15.3. The van der Waals surface area contributed by atoms with Crippen LogP contribution in [0.15, 0.2) is 18.2 Å². The van der Waals surface area contributed by atoms with Crippen LogP contribution in [0.2, 0.25) is 0 Å². The van der Waals surface area contributed by atoms with Crippen LogP contribution in [0.4, 0.5) is 5.69 Å². The number of nitrogens with zero attached hydrogens (tertiary/aromatic N) is 1. The van der Waals surface area contributed by atoms with E-state index in [1.54, 1.807) is 0 Å². The maximum atomic E-state index is 12.4. The van der Waals surface area contributed by atoms with Crippen molar-refractivity contribution in [1.82, 2.24) is 9.88 Å². The van der Waals surface area contributed by atoms with E-state index in [0.717, 1.165) is 36.1 Å². The van der Waals surface area contributed by atoms with E-state index >= 15 is 0 Å². The average Bonchev–Trinajstić information content (AvgIpc) is 2.98. The minimum Gasteiger partial charge on any atom is -0.464 e. The Hall–Kier alpha value is -2.34. The van der Waals surface area contributed by atoms with Gasteiger partial charge in [-0.2, -0.15) is 0 Å². The van der Waals surface area contributed by atoms with Gasteiger partial charge >= 0.3 is 5.97 Å². The molecule has 0 bridgehead atoms. The van der Waals surface area contributed by atoms with Gasteiger partial charge in [-0.05, 0) is 45.0 Å². The molecule has 0 spiro atoms. The number of aromatic amines is 1. The van der Waals surface area contributed by atoms with Gasteiger partial charge in [0, 0.05) is 23.9 Å². The fraction of sp³-hybridized carbons (Fsp3) is 0.474. The lowest BCUT2D eigenvalue weighted by Gasteiger charge is -2.25. The zero-order chi connectivity index (χ0) is 17.8. The second-order valence-electron chi connectivity index (χ2n) is 6.62. The molecule has 1 aromatic carbocycles. The second kappa shape index (κ2) is 7.70. The third-order valence-electron chi connectivity index (χ3n) is 4.71. The van der Waals surface area contributed by atoms with E-state index in [4.69, 9.17) is 4.74 Å². The molecule has 25 heavy (non-hydrogen) atoms. The van der Waals surface area contributed by atoms with Crippen LogP contribution < -0.4 is 5.32 Å². The molecule has 1 aromatic heterocycles. The number of amides is 1. The number of rotatable bonds is 5. The number of H-pyrrole nitrogens is 1. The van der Waals surface area contributed by atoms with Crippen molar-refractivity contribution in [3.63, 3.8) is 0 Å². The standard InChI is InChI=1S/C19H25N3O3/c1-13-6-7-15-14(12-13)17(18(20-15)19(24)25-2)21-16(23)8-11-22-9-4-3-5-10-22/h6-7,12,20H,3-5,8-11H2,1-2H3,(H,21,23). The van der Waals surface area contributed by atoms with Crippen molar-refractivity contribution in [2.45, 2.75) is 32.6 Å². The molecule has 2 heterocycles. The van der Waals surface area contributed by atoms with Crippen LogP contribution in [-0.4, -0.2) is 48.5 Å². The van der Waals surface area contributed by atoms with E-state index in [-0.39, 0.29) is 11.6 Å². The molecular formula is C19H25N3O3. The molecule has 2 aromatic rings. The third-order valence-corrected chi connectivity index (χ3v) is 4.71. The van der Waals surface area contributed by atoms with Gasteiger partial charge < -0.3 is 19.9 Å². The summed E-state index contributed by atoms with van der Waals surface area (Å²) in [6.45, 7) is 4.85. The summed E-state index contributed by atoms with van der Waals surface area (Å²) < 4.78 is 4.84. The molecule has 2 N–H and O–H groups in total. The summed E-state index contributed by atoms with van der Waals surface area (Å²) in [5, 5.41) is 3.74. The first-order valence-corrected chi connectivity index (χ1v) is 8.81. The Morgan fingerprint density at radius 3 is 2.72 bits per heavy atom. The van der Waals surface area contributed by atoms with Crippen molar-refractivity contribution in [2.75, 3.05) is 32.1 Å². The van der Waals surface area contributed by atoms with Gasteiger partial charge in [0.2, 0.25) is 5.91 Å². The highest BCUT2D eigenvalue weighted by atomic mass is 16.5. The number of piperidine rings is 1. The van der Waals surface area contributed by atoms with E-state index in [1.165, 1.54) is 26.4 Å². The molecule has 3 rings (SSSR count). The number of aromatic nitrogens is 1. The molecule has 6 heteroatoms. The summed E-state index contributed by atoms with van der Waals surface area (Å²) in [4.78, 5) is 29.9. The van der Waals surface area contributed by atoms with Gasteiger partial charge in [0.05, 0.1) is 12.8 Å².